The van der Waals surface area contributed by atoms with Crippen molar-refractivity contribution in [3.63, 3.8) is 0 Å². The zero-order valence-electron chi connectivity index (χ0n) is 12.1. The van der Waals surface area contributed by atoms with Crippen LogP contribution in [-0.4, -0.2) is 19.8 Å². The summed E-state index contributed by atoms with van der Waals surface area (Å²) in [7, 11) is -1.87. The summed E-state index contributed by atoms with van der Waals surface area (Å²) in [5.74, 6) is -0.500. The Kier molecular flexibility index (Phi) is 4.75. The van der Waals surface area contributed by atoms with Gasteiger partial charge in [-0.25, -0.2) is 17.1 Å². The van der Waals surface area contributed by atoms with Gasteiger partial charge < -0.3 is 0 Å². The van der Waals surface area contributed by atoms with E-state index in [-0.39, 0.29) is 11.6 Å². The smallest absolute Gasteiger partial charge is 0.212 e. The summed E-state index contributed by atoms with van der Waals surface area (Å²) in [6, 6.07) is 13.3. The van der Waals surface area contributed by atoms with Crippen molar-refractivity contribution in [2.75, 3.05) is 7.05 Å². The highest BCUT2D eigenvalue weighted by molar-refractivity contribution is 7.88. The quantitative estimate of drug-likeness (QED) is 0.851. The monoisotopic (exact) mass is 307 g/mol. The third kappa shape index (κ3) is 4.37. The van der Waals surface area contributed by atoms with Crippen LogP contribution in [0.4, 0.5) is 4.39 Å². The molecular formula is C16H18FNO2S. The second-order valence-corrected chi connectivity index (χ2v) is 7.20. The maximum atomic E-state index is 12.8. The Hall–Kier alpha value is -1.72. The first-order valence-corrected chi connectivity index (χ1v) is 8.22. The topological polar surface area (TPSA) is 37.4 Å². The van der Waals surface area contributed by atoms with Gasteiger partial charge >= 0.3 is 0 Å². The Morgan fingerprint density at radius 3 is 2.05 bits per heavy atom. The fourth-order valence-electron chi connectivity index (χ4n) is 1.95. The van der Waals surface area contributed by atoms with Crippen LogP contribution in [0.15, 0.2) is 48.5 Å². The average Bonchev–Trinajstić information content (AvgIpc) is 2.43. The van der Waals surface area contributed by atoms with Crippen molar-refractivity contribution in [1.29, 1.82) is 0 Å². The lowest BCUT2D eigenvalue weighted by Gasteiger charge is -2.17. The molecule has 0 N–H and O–H groups in total. The molecule has 2 aromatic carbocycles. The number of sulfonamides is 1. The Bertz CT molecular complexity index is 694. The first-order chi connectivity index (χ1) is 9.87. The van der Waals surface area contributed by atoms with Gasteiger partial charge in [-0.2, -0.15) is 0 Å². The number of halogens is 1. The van der Waals surface area contributed by atoms with Gasteiger partial charge in [-0.05, 0) is 30.2 Å². The van der Waals surface area contributed by atoms with Crippen molar-refractivity contribution in [3.8, 4) is 0 Å². The lowest BCUT2D eigenvalue weighted by molar-refractivity contribution is 0.466. The van der Waals surface area contributed by atoms with Crippen LogP contribution in [0.1, 0.15) is 16.7 Å². The minimum absolute atomic E-state index is 0.129. The maximum Gasteiger partial charge on any atom is 0.218 e. The molecule has 0 aliphatic heterocycles. The van der Waals surface area contributed by atoms with E-state index in [0.29, 0.717) is 12.1 Å². The van der Waals surface area contributed by atoms with Gasteiger partial charge in [0.25, 0.3) is 0 Å². The molecule has 0 spiro atoms. The Morgan fingerprint density at radius 1 is 0.952 bits per heavy atom. The molecule has 21 heavy (non-hydrogen) atoms. The highest BCUT2D eigenvalue weighted by atomic mass is 32.2. The Balaban J connectivity index is 2.07. The van der Waals surface area contributed by atoms with Gasteiger partial charge in [0.05, 0.1) is 5.75 Å². The highest BCUT2D eigenvalue weighted by Gasteiger charge is 2.18. The fraction of sp³-hybridized carbons (Fsp3) is 0.250. The summed E-state index contributed by atoms with van der Waals surface area (Å²) < 4.78 is 38.7. The number of hydrogen-bond donors (Lipinski definition) is 0. The zero-order chi connectivity index (χ0) is 15.5. The van der Waals surface area contributed by atoms with Crippen LogP contribution < -0.4 is 0 Å². The molecule has 0 radical (unpaired) electrons. The molecule has 112 valence electrons. The standard InChI is InChI=1S/C16H18FNO2S/c1-13-3-5-14(6-4-13)11-18(2)21(19,20)12-15-7-9-16(17)10-8-15/h3-10H,11-12H2,1-2H3. The molecular weight excluding hydrogens is 289 g/mol. The molecule has 0 fully saturated rings. The summed E-state index contributed by atoms with van der Waals surface area (Å²) in [6.07, 6.45) is 0. The normalized spacial score (nSPS) is 11.8. The number of rotatable bonds is 5. The zero-order valence-corrected chi connectivity index (χ0v) is 12.9. The highest BCUT2D eigenvalue weighted by Crippen LogP contribution is 2.14. The Morgan fingerprint density at radius 2 is 1.48 bits per heavy atom. The number of aryl methyl sites for hydroxylation is 1. The third-order valence-electron chi connectivity index (χ3n) is 3.26. The molecule has 0 heterocycles. The van der Waals surface area contributed by atoms with Gasteiger partial charge in [-0.3, -0.25) is 0 Å². The van der Waals surface area contributed by atoms with Crippen LogP contribution in [0.2, 0.25) is 0 Å². The molecule has 2 rings (SSSR count). The molecule has 3 nitrogen and oxygen atoms in total. The van der Waals surface area contributed by atoms with Gasteiger partial charge in [-0.15, -0.1) is 0 Å². The molecule has 0 aliphatic carbocycles. The summed E-state index contributed by atoms with van der Waals surface area (Å²) in [5.41, 5.74) is 2.65. The van der Waals surface area contributed by atoms with Gasteiger partial charge in [0.1, 0.15) is 5.82 Å². The minimum Gasteiger partial charge on any atom is -0.212 e. The summed E-state index contributed by atoms with van der Waals surface area (Å²) in [5, 5.41) is 0. The molecule has 0 unspecified atom stereocenters. The average molecular weight is 307 g/mol. The van der Waals surface area contributed by atoms with Crippen molar-refractivity contribution in [3.05, 3.63) is 71.0 Å². The molecule has 5 heteroatoms. The number of hydrogen-bond acceptors (Lipinski definition) is 2. The van der Waals surface area contributed by atoms with Crippen molar-refractivity contribution >= 4 is 10.0 Å². The first-order valence-electron chi connectivity index (χ1n) is 6.61. The molecule has 0 saturated heterocycles. The van der Waals surface area contributed by atoms with Gasteiger partial charge in [0.2, 0.25) is 10.0 Å². The minimum atomic E-state index is -3.42. The van der Waals surface area contributed by atoms with Crippen LogP contribution in [0.25, 0.3) is 0 Å². The summed E-state index contributed by atoms with van der Waals surface area (Å²) in [6.45, 7) is 2.31. The van der Waals surface area contributed by atoms with E-state index in [2.05, 4.69) is 0 Å². The van der Waals surface area contributed by atoms with Crippen LogP contribution in [0.3, 0.4) is 0 Å². The van der Waals surface area contributed by atoms with E-state index >= 15 is 0 Å². The van der Waals surface area contributed by atoms with Crippen molar-refractivity contribution in [2.45, 2.75) is 19.2 Å². The molecule has 0 aromatic heterocycles. The van der Waals surface area contributed by atoms with E-state index in [1.54, 1.807) is 7.05 Å². The second kappa shape index (κ2) is 6.37. The first kappa shape index (κ1) is 15.7. The van der Waals surface area contributed by atoms with Crippen molar-refractivity contribution in [2.24, 2.45) is 0 Å². The fourth-order valence-corrected chi connectivity index (χ4v) is 3.13. The predicted octanol–water partition coefficient (Wildman–Crippen LogP) is 3.10. The van der Waals surface area contributed by atoms with Crippen LogP contribution in [-0.2, 0) is 22.3 Å². The van der Waals surface area contributed by atoms with Crippen LogP contribution in [0, 0.1) is 12.7 Å². The van der Waals surface area contributed by atoms with E-state index in [1.165, 1.54) is 28.6 Å². The summed E-state index contributed by atoms with van der Waals surface area (Å²) in [4.78, 5) is 0. The van der Waals surface area contributed by atoms with Gasteiger partial charge in [0, 0.05) is 13.6 Å². The van der Waals surface area contributed by atoms with E-state index < -0.39 is 10.0 Å². The van der Waals surface area contributed by atoms with E-state index in [0.717, 1.165) is 11.1 Å². The maximum absolute atomic E-state index is 12.8. The lowest BCUT2D eigenvalue weighted by Crippen LogP contribution is -2.27. The molecule has 0 aliphatic rings. The van der Waals surface area contributed by atoms with E-state index in [9.17, 15) is 12.8 Å². The molecule has 0 amide bonds. The van der Waals surface area contributed by atoms with E-state index in [1.807, 2.05) is 31.2 Å². The lowest BCUT2D eigenvalue weighted by atomic mass is 10.1. The van der Waals surface area contributed by atoms with Crippen LogP contribution >= 0.6 is 0 Å². The molecule has 0 atom stereocenters. The predicted molar refractivity (Wildman–Crippen MR) is 81.7 cm³/mol. The third-order valence-corrected chi connectivity index (χ3v) is 5.04. The summed E-state index contributed by atoms with van der Waals surface area (Å²) >= 11 is 0. The number of nitrogens with zero attached hydrogens (tertiary/aromatic N) is 1. The Labute approximate surface area is 125 Å². The molecule has 0 saturated carbocycles. The van der Waals surface area contributed by atoms with Gasteiger partial charge in [-0.1, -0.05) is 42.0 Å². The van der Waals surface area contributed by atoms with Crippen molar-refractivity contribution < 1.29 is 12.8 Å². The second-order valence-electron chi connectivity index (χ2n) is 5.12. The van der Waals surface area contributed by atoms with E-state index in [4.69, 9.17) is 0 Å². The van der Waals surface area contributed by atoms with Crippen molar-refractivity contribution in [1.82, 2.24) is 4.31 Å². The van der Waals surface area contributed by atoms with Crippen LogP contribution in [0.5, 0.6) is 0 Å². The van der Waals surface area contributed by atoms with Gasteiger partial charge in [0.15, 0.2) is 0 Å². The largest absolute Gasteiger partial charge is 0.218 e. The molecule has 2 aromatic rings. The number of benzene rings is 2. The SMILES string of the molecule is Cc1ccc(CN(C)S(=O)(=O)Cc2ccc(F)cc2)cc1. The molecule has 0 bridgehead atoms.